The molecule has 9 heteroatoms. The predicted octanol–water partition coefficient (Wildman–Crippen LogP) is 2.73. The third kappa shape index (κ3) is 4.72. The molecule has 0 saturated carbocycles. The number of nitrogens with zero attached hydrogens (tertiary/aromatic N) is 3. The van der Waals surface area contributed by atoms with Crippen LogP contribution >= 0.6 is 23.4 Å². The predicted molar refractivity (Wildman–Crippen MR) is 106 cm³/mol. The Hall–Kier alpha value is -2.71. The van der Waals surface area contributed by atoms with E-state index in [0.717, 1.165) is 11.3 Å². The number of carbonyl (C=O) groups is 1. The monoisotopic (exact) mass is 403 g/mol. The van der Waals surface area contributed by atoms with Crippen LogP contribution in [0.4, 0.5) is 0 Å². The van der Waals surface area contributed by atoms with Crippen LogP contribution in [0.25, 0.3) is 11.4 Å². The van der Waals surface area contributed by atoms with Crippen LogP contribution in [-0.2, 0) is 11.3 Å². The standard InChI is InChI=1S/C18H18ClN5O2S/c1-26-13-6-4-5-12(9-13)10-21-16(25)11-27-18-23-22-17(24(18)20)14-7-2-3-8-15(14)19/h2-9H,10-11,20H2,1H3,(H,21,25). The molecule has 0 fully saturated rings. The molecule has 0 saturated heterocycles. The summed E-state index contributed by atoms with van der Waals surface area (Å²) in [5.74, 6) is 7.28. The van der Waals surface area contributed by atoms with Gasteiger partial charge in [-0.1, -0.05) is 47.6 Å². The molecule has 3 N–H and O–H groups in total. The Morgan fingerprint density at radius 2 is 2.07 bits per heavy atom. The lowest BCUT2D eigenvalue weighted by Gasteiger charge is -2.07. The topological polar surface area (TPSA) is 95.1 Å². The maximum absolute atomic E-state index is 12.1. The van der Waals surface area contributed by atoms with Crippen molar-refractivity contribution in [3.8, 4) is 17.1 Å². The summed E-state index contributed by atoms with van der Waals surface area (Å²) in [6, 6.07) is 14.8. The smallest absolute Gasteiger partial charge is 0.230 e. The first-order chi connectivity index (χ1) is 13.1. The maximum atomic E-state index is 12.1. The second-order valence-electron chi connectivity index (χ2n) is 5.57. The molecule has 0 unspecified atom stereocenters. The molecule has 2 aromatic carbocycles. The molecule has 0 radical (unpaired) electrons. The number of ether oxygens (including phenoxy) is 1. The number of nitrogens with two attached hydrogens (primary N) is 1. The van der Waals surface area contributed by atoms with Gasteiger partial charge < -0.3 is 15.9 Å². The van der Waals surface area contributed by atoms with Gasteiger partial charge in [0.1, 0.15) is 5.75 Å². The zero-order valence-electron chi connectivity index (χ0n) is 14.6. The molecule has 140 valence electrons. The molecule has 0 aliphatic heterocycles. The van der Waals surface area contributed by atoms with Gasteiger partial charge in [-0.15, -0.1) is 10.2 Å². The number of amides is 1. The summed E-state index contributed by atoms with van der Waals surface area (Å²) in [5, 5.41) is 11.9. The number of methoxy groups -OCH3 is 1. The number of benzene rings is 2. The van der Waals surface area contributed by atoms with Crippen LogP contribution in [0.2, 0.25) is 5.02 Å². The molecule has 3 rings (SSSR count). The average molecular weight is 404 g/mol. The molecule has 0 atom stereocenters. The van der Waals surface area contributed by atoms with E-state index in [0.29, 0.717) is 28.1 Å². The highest BCUT2D eigenvalue weighted by atomic mass is 35.5. The van der Waals surface area contributed by atoms with E-state index >= 15 is 0 Å². The minimum atomic E-state index is -0.134. The van der Waals surface area contributed by atoms with Crippen LogP contribution in [0.1, 0.15) is 5.56 Å². The Balaban J connectivity index is 1.57. The Morgan fingerprint density at radius 1 is 1.26 bits per heavy atom. The zero-order chi connectivity index (χ0) is 19.2. The van der Waals surface area contributed by atoms with Crippen LogP contribution < -0.4 is 15.9 Å². The first kappa shape index (κ1) is 19.1. The highest BCUT2D eigenvalue weighted by Gasteiger charge is 2.15. The summed E-state index contributed by atoms with van der Waals surface area (Å²) in [6.45, 7) is 0.413. The summed E-state index contributed by atoms with van der Waals surface area (Å²) in [6.07, 6.45) is 0. The summed E-state index contributed by atoms with van der Waals surface area (Å²) < 4.78 is 6.50. The van der Waals surface area contributed by atoms with Crippen LogP contribution in [0.5, 0.6) is 5.75 Å². The molecule has 7 nitrogen and oxygen atoms in total. The van der Waals surface area contributed by atoms with Gasteiger partial charge in [-0.05, 0) is 29.8 Å². The highest BCUT2D eigenvalue weighted by molar-refractivity contribution is 7.99. The van der Waals surface area contributed by atoms with Gasteiger partial charge in [0.15, 0.2) is 5.82 Å². The number of nitrogen functional groups attached to an aromatic ring is 1. The van der Waals surface area contributed by atoms with Crippen molar-refractivity contribution < 1.29 is 9.53 Å². The lowest BCUT2D eigenvalue weighted by molar-refractivity contribution is -0.118. The Morgan fingerprint density at radius 3 is 2.85 bits per heavy atom. The van der Waals surface area contributed by atoms with E-state index in [4.69, 9.17) is 22.2 Å². The summed E-state index contributed by atoms with van der Waals surface area (Å²) >= 11 is 7.38. The highest BCUT2D eigenvalue weighted by Crippen LogP contribution is 2.27. The fourth-order valence-electron chi connectivity index (χ4n) is 2.37. The molecule has 0 aliphatic carbocycles. The SMILES string of the molecule is COc1cccc(CNC(=O)CSc2nnc(-c3ccccc3Cl)n2N)c1. The Kier molecular flexibility index (Phi) is 6.20. The number of rotatable bonds is 7. The minimum Gasteiger partial charge on any atom is -0.497 e. The van der Waals surface area contributed by atoms with Crippen LogP contribution in [0, 0.1) is 0 Å². The van der Waals surface area contributed by atoms with Crippen molar-refractivity contribution in [2.45, 2.75) is 11.7 Å². The first-order valence-electron chi connectivity index (χ1n) is 8.06. The molecule has 1 heterocycles. The van der Waals surface area contributed by atoms with Gasteiger partial charge in [0.2, 0.25) is 11.1 Å². The fraction of sp³-hybridized carbons (Fsp3) is 0.167. The molecule has 1 aromatic heterocycles. The largest absolute Gasteiger partial charge is 0.497 e. The van der Waals surface area contributed by atoms with Gasteiger partial charge in [0, 0.05) is 12.1 Å². The molecular weight excluding hydrogens is 386 g/mol. The number of hydrogen-bond donors (Lipinski definition) is 2. The van der Waals surface area contributed by atoms with Crippen LogP contribution in [0.3, 0.4) is 0 Å². The fourth-order valence-corrected chi connectivity index (χ4v) is 3.27. The molecule has 1 amide bonds. The average Bonchev–Trinajstić information content (AvgIpc) is 3.05. The zero-order valence-corrected chi connectivity index (χ0v) is 16.1. The van der Waals surface area contributed by atoms with Crippen molar-refractivity contribution in [2.24, 2.45) is 0 Å². The second-order valence-corrected chi connectivity index (χ2v) is 6.92. The third-order valence-corrected chi connectivity index (χ3v) is 5.01. The minimum absolute atomic E-state index is 0.134. The van der Waals surface area contributed by atoms with Crippen LogP contribution in [0.15, 0.2) is 53.7 Å². The number of hydrogen-bond acceptors (Lipinski definition) is 6. The van der Waals surface area contributed by atoms with Gasteiger partial charge >= 0.3 is 0 Å². The maximum Gasteiger partial charge on any atom is 0.230 e. The number of carbonyl (C=O) groups excluding carboxylic acids is 1. The van der Waals surface area contributed by atoms with Gasteiger partial charge in [-0.25, -0.2) is 4.68 Å². The molecule has 0 aliphatic rings. The van der Waals surface area contributed by atoms with Gasteiger partial charge in [0.25, 0.3) is 0 Å². The second kappa shape index (κ2) is 8.79. The van der Waals surface area contributed by atoms with E-state index in [9.17, 15) is 4.79 Å². The molecular formula is C18H18ClN5O2S. The van der Waals surface area contributed by atoms with E-state index in [1.165, 1.54) is 16.4 Å². The number of thioether (sulfide) groups is 1. The normalized spacial score (nSPS) is 10.6. The van der Waals surface area contributed by atoms with Crippen molar-refractivity contribution in [3.05, 3.63) is 59.1 Å². The third-order valence-electron chi connectivity index (χ3n) is 3.74. The van der Waals surface area contributed by atoms with E-state index in [2.05, 4.69) is 15.5 Å². The van der Waals surface area contributed by atoms with Crippen molar-refractivity contribution in [1.82, 2.24) is 20.2 Å². The van der Waals surface area contributed by atoms with Crippen LogP contribution in [-0.4, -0.2) is 33.6 Å². The Bertz CT molecular complexity index is 947. The number of halogens is 1. The number of nitrogens with one attached hydrogen (secondary N) is 1. The van der Waals surface area contributed by atoms with E-state index < -0.39 is 0 Å². The van der Waals surface area contributed by atoms with Gasteiger partial charge in [-0.3, -0.25) is 4.79 Å². The van der Waals surface area contributed by atoms with Gasteiger partial charge in [-0.2, -0.15) is 0 Å². The molecule has 0 bridgehead atoms. The summed E-state index contributed by atoms with van der Waals surface area (Å²) in [4.78, 5) is 12.1. The van der Waals surface area contributed by atoms with E-state index in [1.807, 2.05) is 42.5 Å². The first-order valence-corrected chi connectivity index (χ1v) is 9.42. The van der Waals surface area contributed by atoms with Crippen molar-refractivity contribution in [1.29, 1.82) is 0 Å². The molecule has 3 aromatic rings. The summed E-state index contributed by atoms with van der Waals surface area (Å²) in [5.41, 5.74) is 1.64. The lowest BCUT2D eigenvalue weighted by Crippen LogP contribution is -2.25. The van der Waals surface area contributed by atoms with E-state index in [1.54, 1.807) is 13.2 Å². The van der Waals surface area contributed by atoms with E-state index in [-0.39, 0.29) is 11.7 Å². The lowest BCUT2D eigenvalue weighted by atomic mass is 10.2. The Labute approximate surface area is 165 Å². The van der Waals surface area contributed by atoms with Crippen molar-refractivity contribution in [2.75, 3.05) is 18.7 Å². The quantitative estimate of drug-likeness (QED) is 0.465. The molecule has 27 heavy (non-hydrogen) atoms. The molecule has 0 spiro atoms. The van der Waals surface area contributed by atoms with Crippen molar-refractivity contribution in [3.63, 3.8) is 0 Å². The summed E-state index contributed by atoms with van der Waals surface area (Å²) in [7, 11) is 1.61. The van der Waals surface area contributed by atoms with Gasteiger partial charge in [0.05, 0.1) is 17.9 Å². The van der Waals surface area contributed by atoms with Crippen molar-refractivity contribution >= 4 is 29.3 Å². The number of aromatic nitrogens is 3.